The molecule has 1 unspecified atom stereocenters. The topological polar surface area (TPSA) is 38.5 Å². The van der Waals surface area contributed by atoms with Gasteiger partial charge in [0.05, 0.1) is 4.99 Å². The Hall–Kier alpha value is -0.190. The molecule has 0 aromatic carbocycles. The van der Waals surface area contributed by atoms with Crippen LogP contribution < -0.4 is 5.73 Å². The van der Waals surface area contributed by atoms with Gasteiger partial charge >= 0.3 is 0 Å². The van der Waals surface area contributed by atoms with Gasteiger partial charge in [0.25, 0.3) is 0 Å². The lowest BCUT2D eigenvalue weighted by Crippen LogP contribution is -2.42. The van der Waals surface area contributed by atoms with Gasteiger partial charge in [-0.15, -0.1) is 0 Å². The first-order valence-electron chi connectivity index (χ1n) is 5.64. The van der Waals surface area contributed by atoms with E-state index in [1.165, 1.54) is 12.8 Å². The largest absolute Gasteiger partial charge is 0.393 e. The van der Waals surface area contributed by atoms with Crippen LogP contribution in [-0.4, -0.2) is 42.7 Å². The van der Waals surface area contributed by atoms with Crippen LogP contribution in [0.3, 0.4) is 0 Å². The van der Waals surface area contributed by atoms with Crippen LogP contribution in [0.5, 0.6) is 0 Å². The lowest BCUT2D eigenvalue weighted by Gasteiger charge is -2.35. The van der Waals surface area contributed by atoms with Crippen LogP contribution >= 0.6 is 12.2 Å². The molecular weight excluding hydrogens is 208 g/mol. The molecule has 0 bridgehead atoms. The Morgan fingerprint density at radius 3 is 2.60 bits per heavy atom. The van der Waals surface area contributed by atoms with Crippen molar-refractivity contribution < 1.29 is 4.74 Å². The Morgan fingerprint density at radius 1 is 1.53 bits per heavy atom. The highest BCUT2D eigenvalue weighted by Gasteiger charge is 2.22. The van der Waals surface area contributed by atoms with Gasteiger partial charge in [0.1, 0.15) is 0 Å². The molecular formula is C11H22N2OS. The summed E-state index contributed by atoms with van der Waals surface area (Å²) in [4.78, 5) is 3.10. The maximum Gasteiger partial charge on any atom is 0.0742 e. The monoisotopic (exact) mass is 230 g/mol. The van der Waals surface area contributed by atoms with E-state index in [9.17, 15) is 0 Å². The number of likely N-dealkylation sites (tertiary alicyclic amines) is 1. The molecule has 4 heteroatoms. The van der Waals surface area contributed by atoms with E-state index >= 15 is 0 Å². The zero-order chi connectivity index (χ0) is 11.3. The molecule has 1 rings (SSSR count). The van der Waals surface area contributed by atoms with Crippen LogP contribution in [0.1, 0.15) is 26.2 Å². The zero-order valence-corrected chi connectivity index (χ0v) is 10.6. The van der Waals surface area contributed by atoms with Crippen molar-refractivity contribution in [3.63, 3.8) is 0 Å². The van der Waals surface area contributed by atoms with Crippen molar-refractivity contribution in [1.29, 1.82) is 0 Å². The van der Waals surface area contributed by atoms with Crippen LogP contribution in [0.15, 0.2) is 0 Å². The smallest absolute Gasteiger partial charge is 0.0742 e. The van der Waals surface area contributed by atoms with Crippen molar-refractivity contribution in [1.82, 2.24) is 4.90 Å². The third-order valence-corrected chi connectivity index (χ3v) is 3.34. The lowest BCUT2D eigenvalue weighted by atomic mass is 9.96. The molecule has 0 aromatic rings. The molecule has 2 N–H and O–H groups in total. The highest BCUT2D eigenvalue weighted by atomic mass is 32.1. The van der Waals surface area contributed by atoms with E-state index < -0.39 is 0 Å². The minimum Gasteiger partial charge on any atom is -0.393 e. The number of piperidine rings is 1. The molecule has 0 aromatic heterocycles. The molecule has 1 atom stereocenters. The standard InChI is InChI=1S/C11H22N2OS/c1-9(7-11(12)15)13-5-3-10(4-6-13)8-14-2/h9-10H,3-8H2,1-2H3,(H2,12,15). The molecule has 1 aliphatic heterocycles. The molecule has 1 heterocycles. The summed E-state index contributed by atoms with van der Waals surface area (Å²) in [6.45, 7) is 5.41. The van der Waals surface area contributed by atoms with Crippen LogP contribution in [0.4, 0.5) is 0 Å². The zero-order valence-electron chi connectivity index (χ0n) is 9.74. The maximum absolute atomic E-state index is 5.56. The summed E-state index contributed by atoms with van der Waals surface area (Å²) >= 11 is 4.94. The van der Waals surface area contributed by atoms with Gasteiger partial charge in [-0.25, -0.2) is 0 Å². The van der Waals surface area contributed by atoms with E-state index in [-0.39, 0.29) is 0 Å². The van der Waals surface area contributed by atoms with Gasteiger partial charge in [-0.1, -0.05) is 12.2 Å². The van der Waals surface area contributed by atoms with Gasteiger partial charge in [-0.3, -0.25) is 0 Å². The SMILES string of the molecule is COCC1CCN(C(C)CC(N)=S)CC1. The number of hydrogen-bond acceptors (Lipinski definition) is 3. The highest BCUT2D eigenvalue weighted by Crippen LogP contribution is 2.19. The van der Waals surface area contributed by atoms with Gasteiger partial charge < -0.3 is 15.4 Å². The van der Waals surface area contributed by atoms with Crippen molar-refractivity contribution in [3.8, 4) is 0 Å². The Kier molecular flexibility index (Phi) is 5.50. The summed E-state index contributed by atoms with van der Waals surface area (Å²) in [6, 6.07) is 0.492. The molecule has 1 saturated heterocycles. The second kappa shape index (κ2) is 6.40. The van der Waals surface area contributed by atoms with Gasteiger partial charge in [-0.2, -0.15) is 0 Å². The van der Waals surface area contributed by atoms with Crippen molar-refractivity contribution in [2.24, 2.45) is 11.7 Å². The summed E-state index contributed by atoms with van der Waals surface area (Å²) in [7, 11) is 1.78. The Balaban J connectivity index is 2.27. The molecule has 3 nitrogen and oxygen atoms in total. The van der Waals surface area contributed by atoms with E-state index in [4.69, 9.17) is 22.7 Å². The molecule has 0 saturated carbocycles. The van der Waals surface area contributed by atoms with Gasteiger partial charge in [0.2, 0.25) is 0 Å². The number of rotatable bonds is 5. The quantitative estimate of drug-likeness (QED) is 0.725. The Bertz CT molecular complexity index is 203. The Morgan fingerprint density at radius 2 is 2.13 bits per heavy atom. The summed E-state index contributed by atoms with van der Waals surface area (Å²) in [5, 5.41) is 0. The molecule has 0 aliphatic carbocycles. The third kappa shape index (κ3) is 4.45. The molecule has 15 heavy (non-hydrogen) atoms. The second-order valence-corrected chi connectivity index (χ2v) is 4.98. The Labute approximate surface area is 98.0 Å². The van der Waals surface area contributed by atoms with Crippen LogP contribution in [0.2, 0.25) is 0 Å². The summed E-state index contributed by atoms with van der Waals surface area (Å²) in [5.41, 5.74) is 5.56. The van der Waals surface area contributed by atoms with Crippen molar-refractivity contribution in [2.45, 2.75) is 32.2 Å². The summed E-state index contributed by atoms with van der Waals surface area (Å²) < 4.78 is 5.18. The first-order chi connectivity index (χ1) is 7.13. The number of nitrogens with two attached hydrogens (primary N) is 1. The van der Waals surface area contributed by atoms with E-state index in [1.54, 1.807) is 7.11 Å². The lowest BCUT2D eigenvalue weighted by molar-refractivity contribution is 0.0848. The van der Waals surface area contributed by atoms with E-state index in [0.717, 1.165) is 32.0 Å². The minimum atomic E-state index is 0.492. The summed E-state index contributed by atoms with van der Waals surface area (Å²) in [5.74, 6) is 0.739. The fourth-order valence-electron chi connectivity index (χ4n) is 2.22. The predicted octanol–water partition coefficient (Wildman–Crippen LogP) is 1.41. The van der Waals surface area contributed by atoms with Crippen LogP contribution in [0.25, 0.3) is 0 Å². The minimum absolute atomic E-state index is 0.492. The third-order valence-electron chi connectivity index (χ3n) is 3.17. The van der Waals surface area contributed by atoms with Crippen LogP contribution in [0, 0.1) is 5.92 Å². The fourth-order valence-corrected chi connectivity index (χ4v) is 2.46. The number of thiocarbonyl (C=S) groups is 1. The number of hydrogen-bond donors (Lipinski definition) is 1. The molecule has 1 aliphatic rings. The molecule has 0 radical (unpaired) electrons. The number of ether oxygens (including phenoxy) is 1. The van der Waals surface area contributed by atoms with Crippen molar-refractivity contribution >= 4 is 17.2 Å². The molecule has 88 valence electrons. The van der Waals surface area contributed by atoms with Crippen LogP contribution in [-0.2, 0) is 4.74 Å². The number of methoxy groups -OCH3 is 1. The fraction of sp³-hybridized carbons (Fsp3) is 0.909. The van der Waals surface area contributed by atoms with E-state index in [2.05, 4.69) is 11.8 Å². The molecule has 0 amide bonds. The van der Waals surface area contributed by atoms with E-state index in [0.29, 0.717) is 11.0 Å². The first-order valence-corrected chi connectivity index (χ1v) is 6.05. The molecule has 1 fully saturated rings. The van der Waals surface area contributed by atoms with Gasteiger partial charge in [0, 0.05) is 26.2 Å². The summed E-state index contributed by atoms with van der Waals surface area (Å²) in [6.07, 6.45) is 3.30. The van der Waals surface area contributed by atoms with Crippen molar-refractivity contribution in [2.75, 3.05) is 26.8 Å². The second-order valence-electron chi connectivity index (χ2n) is 4.45. The average molecular weight is 230 g/mol. The first kappa shape index (κ1) is 12.9. The van der Waals surface area contributed by atoms with Gasteiger partial charge in [0.15, 0.2) is 0 Å². The molecule has 0 spiro atoms. The highest BCUT2D eigenvalue weighted by molar-refractivity contribution is 7.80. The van der Waals surface area contributed by atoms with Gasteiger partial charge in [-0.05, 0) is 38.8 Å². The predicted molar refractivity (Wildman–Crippen MR) is 67.0 cm³/mol. The maximum atomic E-state index is 5.56. The average Bonchev–Trinajstić information content (AvgIpc) is 2.18. The normalized spacial score (nSPS) is 21.5. The van der Waals surface area contributed by atoms with E-state index in [1.807, 2.05) is 0 Å². The number of nitrogens with zero attached hydrogens (tertiary/aromatic N) is 1. The van der Waals surface area contributed by atoms with Crippen molar-refractivity contribution in [3.05, 3.63) is 0 Å².